The number of hydrogen-bond donors (Lipinski definition) is 2. The fourth-order valence-electron chi connectivity index (χ4n) is 2.08. The van der Waals surface area contributed by atoms with Crippen LogP contribution in [-0.2, 0) is 11.3 Å². The second kappa shape index (κ2) is 8.96. The number of anilines is 1. The fraction of sp³-hybridized carbons (Fsp3) is 0.316. The number of hydrogen-bond acceptors (Lipinski definition) is 3. The van der Waals surface area contributed by atoms with Gasteiger partial charge >= 0.3 is 0 Å². The molecule has 0 aliphatic carbocycles. The SMILES string of the molecule is CCC(C)Oc1cccc(NC(=O)CNCc2ccccc2)c1. The highest BCUT2D eigenvalue weighted by molar-refractivity contribution is 5.92. The minimum Gasteiger partial charge on any atom is -0.491 e. The van der Waals surface area contributed by atoms with Crippen LogP contribution in [0.3, 0.4) is 0 Å². The van der Waals surface area contributed by atoms with Gasteiger partial charge in [-0.2, -0.15) is 0 Å². The largest absolute Gasteiger partial charge is 0.491 e. The van der Waals surface area contributed by atoms with Crippen LogP contribution in [0, 0.1) is 0 Å². The Labute approximate surface area is 137 Å². The van der Waals surface area contributed by atoms with Gasteiger partial charge in [-0.3, -0.25) is 4.79 Å². The smallest absolute Gasteiger partial charge is 0.238 e. The molecule has 1 amide bonds. The summed E-state index contributed by atoms with van der Waals surface area (Å²) >= 11 is 0. The van der Waals surface area contributed by atoms with Gasteiger partial charge in [0.2, 0.25) is 5.91 Å². The molecule has 4 nitrogen and oxygen atoms in total. The van der Waals surface area contributed by atoms with Crippen LogP contribution in [0.5, 0.6) is 5.75 Å². The van der Waals surface area contributed by atoms with Crippen molar-refractivity contribution in [3.63, 3.8) is 0 Å². The molecule has 0 spiro atoms. The molecule has 0 bridgehead atoms. The summed E-state index contributed by atoms with van der Waals surface area (Å²) in [6, 6.07) is 17.5. The Morgan fingerprint density at radius 2 is 1.91 bits per heavy atom. The fourth-order valence-corrected chi connectivity index (χ4v) is 2.08. The average Bonchev–Trinajstić information content (AvgIpc) is 2.56. The molecule has 0 fully saturated rings. The van der Waals surface area contributed by atoms with E-state index in [1.807, 2.05) is 61.5 Å². The third kappa shape index (κ3) is 6.12. The maximum atomic E-state index is 12.0. The molecule has 2 aromatic rings. The molecule has 122 valence electrons. The molecule has 0 aliphatic heterocycles. The number of rotatable bonds is 8. The van der Waals surface area contributed by atoms with Crippen LogP contribution in [0.15, 0.2) is 54.6 Å². The Morgan fingerprint density at radius 3 is 2.65 bits per heavy atom. The quantitative estimate of drug-likeness (QED) is 0.783. The van der Waals surface area contributed by atoms with Gasteiger partial charge in [-0.05, 0) is 31.0 Å². The predicted molar refractivity (Wildman–Crippen MR) is 93.6 cm³/mol. The molecule has 0 radical (unpaired) electrons. The van der Waals surface area contributed by atoms with Crippen molar-refractivity contribution in [2.45, 2.75) is 32.9 Å². The van der Waals surface area contributed by atoms with Gasteiger partial charge in [0.15, 0.2) is 0 Å². The van der Waals surface area contributed by atoms with Crippen molar-refractivity contribution in [3.8, 4) is 5.75 Å². The number of benzene rings is 2. The summed E-state index contributed by atoms with van der Waals surface area (Å²) in [4.78, 5) is 12.0. The zero-order valence-electron chi connectivity index (χ0n) is 13.7. The van der Waals surface area contributed by atoms with Gasteiger partial charge in [0.1, 0.15) is 5.75 Å². The molecule has 0 saturated carbocycles. The van der Waals surface area contributed by atoms with E-state index in [-0.39, 0.29) is 18.6 Å². The number of amides is 1. The summed E-state index contributed by atoms with van der Waals surface area (Å²) in [6.45, 7) is 5.05. The third-order valence-electron chi connectivity index (χ3n) is 3.49. The molecular formula is C19H24N2O2. The zero-order chi connectivity index (χ0) is 16.5. The van der Waals surface area contributed by atoms with Gasteiger partial charge in [-0.25, -0.2) is 0 Å². The van der Waals surface area contributed by atoms with Gasteiger partial charge in [0, 0.05) is 18.3 Å². The van der Waals surface area contributed by atoms with E-state index in [0.29, 0.717) is 6.54 Å². The van der Waals surface area contributed by atoms with Gasteiger partial charge in [0.05, 0.1) is 12.6 Å². The lowest BCUT2D eigenvalue weighted by atomic mass is 10.2. The Hall–Kier alpha value is -2.33. The summed E-state index contributed by atoms with van der Waals surface area (Å²) in [5.74, 6) is 0.705. The van der Waals surface area contributed by atoms with E-state index in [0.717, 1.165) is 23.4 Å². The first-order chi connectivity index (χ1) is 11.2. The lowest BCUT2D eigenvalue weighted by Crippen LogP contribution is -2.27. The molecule has 2 rings (SSSR count). The topological polar surface area (TPSA) is 50.4 Å². The molecule has 1 atom stereocenters. The van der Waals surface area contributed by atoms with Crippen molar-refractivity contribution in [1.82, 2.24) is 5.32 Å². The Balaban J connectivity index is 1.79. The third-order valence-corrected chi connectivity index (χ3v) is 3.49. The van der Waals surface area contributed by atoms with Gasteiger partial charge in [0.25, 0.3) is 0 Å². The predicted octanol–water partition coefficient (Wildman–Crippen LogP) is 3.59. The van der Waals surface area contributed by atoms with E-state index >= 15 is 0 Å². The van der Waals surface area contributed by atoms with Crippen LogP contribution in [0.25, 0.3) is 0 Å². The number of nitrogens with one attached hydrogen (secondary N) is 2. The average molecular weight is 312 g/mol. The van der Waals surface area contributed by atoms with E-state index in [2.05, 4.69) is 17.6 Å². The highest BCUT2D eigenvalue weighted by atomic mass is 16.5. The maximum Gasteiger partial charge on any atom is 0.238 e. The summed E-state index contributed by atoms with van der Waals surface area (Å²) in [6.07, 6.45) is 1.11. The lowest BCUT2D eigenvalue weighted by molar-refractivity contribution is -0.115. The molecule has 1 unspecified atom stereocenters. The molecular weight excluding hydrogens is 288 g/mol. The van der Waals surface area contributed by atoms with Gasteiger partial charge in [-0.1, -0.05) is 43.3 Å². The molecule has 2 N–H and O–H groups in total. The zero-order valence-corrected chi connectivity index (χ0v) is 13.7. The number of carbonyl (C=O) groups excluding carboxylic acids is 1. The van der Waals surface area contributed by atoms with Crippen molar-refractivity contribution in [1.29, 1.82) is 0 Å². The first kappa shape index (κ1) is 17.0. The van der Waals surface area contributed by atoms with Gasteiger partial charge < -0.3 is 15.4 Å². The summed E-state index contributed by atoms with van der Waals surface area (Å²) in [5.41, 5.74) is 1.90. The van der Waals surface area contributed by atoms with Gasteiger partial charge in [-0.15, -0.1) is 0 Å². The lowest BCUT2D eigenvalue weighted by Gasteiger charge is -2.13. The molecule has 2 aromatic carbocycles. The molecule has 0 aliphatic rings. The highest BCUT2D eigenvalue weighted by Crippen LogP contribution is 2.19. The monoisotopic (exact) mass is 312 g/mol. The summed E-state index contributed by atoms with van der Waals surface area (Å²) in [5, 5.41) is 6.01. The molecule has 23 heavy (non-hydrogen) atoms. The van der Waals surface area contributed by atoms with E-state index in [4.69, 9.17) is 4.74 Å². The van der Waals surface area contributed by atoms with E-state index in [1.165, 1.54) is 0 Å². The highest BCUT2D eigenvalue weighted by Gasteiger charge is 2.05. The standard InChI is InChI=1S/C19H24N2O2/c1-3-15(2)23-18-11-7-10-17(12-18)21-19(22)14-20-13-16-8-5-4-6-9-16/h4-12,15,20H,3,13-14H2,1-2H3,(H,21,22). The number of carbonyl (C=O) groups is 1. The van der Waals surface area contributed by atoms with E-state index in [9.17, 15) is 4.79 Å². The van der Waals surface area contributed by atoms with Crippen molar-refractivity contribution in [3.05, 3.63) is 60.2 Å². The first-order valence-corrected chi connectivity index (χ1v) is 7.98. The van der Waals surface area contributed by atoms with E-state index < -0.39 is 0 Å². The minimum atomic E-state index is -0.0679. The number of ether oxygens (including phenoxy) is 1. The van der Waals surface area contributed by atoms with Crippen molar-refractivity contribution in [2.24, 2.45) is 0 Å². The first-order valence-electron chi connectivity index (χ1n) is 7.98. The van der Waals surface area contributed by atoms with E-state index in [1.54, 1.807) is 0 Å². The Kier molecular flexibility index (Phi) is 6.63. The van der Waals surface area contributed by atoms with Crippen LogP contribution < -0.4 is 15.4 Å². The molecule has 4 heteroatoms. The normalized spacial score (nSPS) is 11.7. The molecule has 0 heterocycles. The van der Waals surface area contributed by atoms with Crippen molar-refractivity contribution < 1.29 is 9.53 Å². The van der Waals surface area contributed by atoms with Crippen molar-refractivity contribution in [2.75, 3.05) is 11.9 Å². The minimum absolute atomic E-state index is 0.0679. The second-order valence-electron chi connectivity index (χ2n) is 5.50. The van der Waals surface area contributed by atoms with Crippen LogP contribution in [0.1, 0.15) is 25.8 Å². The summed E-state index contributed by atoms with van der Waals surface area (Å²) in [7, 11) is 0. The van der Waals surface area contributed by atoms with Crippen LogP contribution in [0.2, 0.25) is 0 Å². The van der Waals surface area contributed by atoms with Crippen LogP contribution in [0.4, 0.5) is 5.69 Å². The Morgan fingerprint density at radius 1 is 1.13 bits per heavy atom. The Bertz CT molecular complexity index is 614. The maximum absolute atomic E-state index is 12.0. The molecule has 0 aromatic heterocycles. The van der Waals surface area contributed by atoms with Crippen LogP contribution >= 0.6 is 0 Å². The molecule has 0 saturated heterocycles. The van der Waals surface area contributed by atoms with Crippen molar-refractivity contribution >= 4 is 11.6 Å². The van der Waals surface area contributed by atoms with Crippen LogP contribution in [-0.4, -0.2) is 18.6 Å². The summed E-state index contributed by atoms with van der Waals surface area (Å²) < 4.78 is 5.76. The second-order valence-corrected chi connectivity index (χ2v) is 5.50.